The van der Waals surface area contributed by atoms with E-state index in [2.05, 4.69) is 25.1 Å². The van der Waals surface area contributed by atoms with Crippen LogP contribution < -0.4 is 0 Å². The number of hydrogen-bond acceptors (Lipinski definition) is 15. The Hall–Kier alpha value is -0.445. The first-order valence-corrected chi connectivity index (χ1v) is 13.0. The van der Waals surface area contributed by atoms with E-state index in [-0.39, 0.29) is 59.5 Å². The molecule has 19 heteroatoms. The first-order chi connectivity index (χ1) is 14.5. The zero-order valence-corrected chi connectivity index (χ0v) is 18.5. The molecule has 3 aliphatic rings. The molecule has 3 saturated heterocycles. The zero-order chi connectivity index (χ0) is 22.5. The highest BCUT2D eigenvalue weighted by atomic mass is 32.3. The van der Waals surface area contributed by atoms with Crippen molar-refractivity contribution in [1.29, 1.82) is 0 Å². The lowest BCUT2D eigenvalue weighted by atomic mass is 10.1. The van der Waals surface area contributed by atoms with Gasteiger partial charge in [0.1, 0.15) is 0 Å². The lowest BCUT2D eigenvalue weighted by Crippen LogP contribution is -2.40. The van der Waals surface area contributed by atoms with E-state index in [0.717, 1.165) is 0 Å². The SMILES string of the molecule is O=S1(=O)OCC(COB(OCC2COS(=O)(=O)OC2)OCC2COS(=O)(=O)OC2)CO1. The molecule has 0 N–H and O–H groups in total. The van der Waals surface area contributed by atoms with Gasteiger partial charge in [0.2, 0.25) is 0 Å². The Labute approximate surface area is 180 Å². The van der Waals surface area contributed by atoms with Crippen LogP contribution in [-0.2, 0) is 70.3 Å². The highest BCUT2D eigenvalue weighted by Crippen LogP contribution is 2.17. The molecule has 15 nitrogen and oxygen atoms in total. The molecule has 0 unspecified atom stereocenters. The Morgan fingerprint density at radius 2 is 0.742 bits per heavy atom. The van der Waals surface area contributed by atoms with Gasteiger partial charge in [0.15, 0.2) is 0 Å². The predicted octanol–water partition coefficient (Wildman–Crippen LogP) is -2.26. The lowest BCUT2D eigenvalue weighted by Gasteiger charge is -2.26. The molecule has 0 spiro atoms. The Morgan fingerprint density at radius 1 is 0.516 bits per heavy atom. The van der Waals surface area contributed by atoms with Crippen LogP contribution in [0.2, 0.25) is 0 Å². The zero-order valence-electron chi connectivity index (χ0n) is 16.0. The van der Waals surface area contributed by atoms with E-state index in [1.807, 2.05) is 0 Å². The minimum Gasteiger partial charge on any atom is -0.385 e. The lowest BCUT2D eigenvalue weighted by molar-refractivity contribution is 0.00401. The molecule has 0 amide bonds. The summed E-state index contributed by atoms with van der Waals surface area (Å²) in [6.07, 6.45) is 0. The second-order valence-electron chi connectivity index (χ2n) is 6.82. The molecule has 31 heavy (non-hydrogen) atoms. The van der Waals surface area contributed by atoms with Crippen LogP contribution in [0.4, 0.5) is 0 Å². The van der Waals surface area contributed by atoms with Crippen molar-refractivity contribution in [2.75, 3.05) is 59.5 Å². The summed E-state index contributed by atoms with van der Waals surface area (Å²) in [5, 5.41) is 0. The molecular weight excluding hydrogens is 491 g/mol. The Bertz CT molecular complexity index is 743. The van der Waals surface area contributed by atoms with Gasteiger partial charge in [-0.1, -0.05) is 0 Å². The van der Waals surface area contributed by atoms with Crippen molar-refractivity contribution >= 4 is 38.5 Å². The highest BCUT2D eigenvalue weighted by Gasteiger charge is 2.33. The van der Waals surface area contributed by atoms with Crippen LogP contribution >= 0.6 is 0 Å². The molecule has 0 aliphatic carbocycles. The van der Waals surface area contributed by atoms with Crippen molar-refractivity contribution in [3.05, 3.63) is 0 Å². The van der Waals surface area contributed by atoms with Crippen molar-refractivity contribution < 1.29 is 64.3 Å². The fraction of sp³-hybridized carbons (Fsp3) is 1.00. The molecule has 0 aromatic heterocycles. The summed E-state index contributed by atoms with van der Waals surface area (Å²) in [4.78, 5) is 0. The van der Waals surface area contributed by atoms with E-state index < -0.39 is 56.3 Å². The van der Waals surface area contributed by atoms with Crippen molar-refractivity contribution in [1.82, 2.24) is 0 Å². The minimum absolute atomic E-state index is 0.0434. The van der Waals surface area contributed by atoms with Crippen molar-refractivity contribution in [3.8, 4) is 0 Å². The Kier molecular flexibility index (Phi) is 8.66. The maximum atomic E-state index is 11.1. The second kappa shape index (κ2) is 10.7. The fourth-order valence-corrected chi connectivity index (χ4v) is 4.76. The largest absolute Gasteiger partial charge is 0.639 e. The summed E-state index contributed by atoms with van der Waals surface area (Å²) in [6, 6.07) is 0. The molecular formula is C12H21BO15S3. The van der Waals surface area contributed by atoms with Crippen LogP contribution in [0.3, 0.4) is 0 Å². The average Bonchev–Trinajstić information content (AvgIpc) is 2.70. The van der Waals surface area contributed by atoms with Gasteiger partial charge in [-0.15, -0.1) is 0 Å². The van der Waals surface area contributed by atoms with Gasteiger partial charge in [0.25, 0.3) is 0 Å². The van der Waals surface area contributed by atoms with Gasteiger partial charge in [-0.3, -0.25) is 0 Å². The maximum Gasteiger partial charge on any atom is 0.639 e. The molecule has 3 heterocycles. The second-order valence-corrected chi connectivity index (χ2v) is 10.7. The quantitative estimate of drug-likeness (QED) is 0.301. The standard InChI is InChI=1S/C12H21BO15S3/c14-29(15)23-4-10(5-24-29)1-20-13(21-2-11-6-25-30(16,17)26-7-11)22-3-12-8-27-31(18,19)28-9-12/h10-12H,1-9H2. The van der Waals surface area contributed by atoms with Crippen LogP contribution in [-0.4, -0.2) is 92.0 Å². The first kappa shape index (κ1) is 25.2. The molecule has 3 rings (SSSR count). The third-order valence-corrected chi connectivity index (χ3v) is 6.64. The first-order valence-electron chi connectivity index (χ1n) is 8.98. The predicted molar refractivity (Wildman–Crippen MR) is 96.6 cm³/mol. The number of hydrogen-bond donors (Lipinski definition) is 0. The van der Waals surface area contributed by atoms with E-state index in [1.54, 1.807) is 0 Å². The van der Waals surface area contributed by atoms with Gasteiger partial charge in [-0.25, -0.2) is 25.1 Å². The third kappa shape index (κ3) is 8.78. The maximum absolute atomic E-state index is 11.1. The smallest absolute Gasteiger partial charge is 0.385 e. The number of rotatable bonds is 9. The Balaban J connectivity index is 1.47. The van der Waals surface area contributed by atoms with E-state index in [0.29, 0.717) is 0 Å². The normalized spacial score (nSPS) is 27.1. The summed E-state index contributed by atoms with van der Waals surface area (Å²) in [5.41, 5.74) is 0. The third-order valence-electron chi connectivity index (χ3n) is 4.09. The summed E-state index contributed by atoms with van der Waals surface area (Å²) in [5.74, 6) is -1.26. The van der Waals surface area contributed by atoms with E-state index in [9.17, 15) is 25.3 Å². The molecule has 0 aromatic rings. The summed E-state index contributed by atoms with van der Waals surface area (Å²) in [6.45, 7) is -1.05. The molecule has 0 saturated carbocycles. The van der Waals surface area contributed by atoms with Crippen LogP contribution in [0.1, 0.15) is 0 Å². The summed E-state index contributed by atoms with van der Waals surface area (Å²) in [7, 11) is -13.2. The molecule has 0 aromatic carbocycles. The van der Waals surface area contributed by atoms with Gasteiger partial charge in [0, 0.05) is 37.6 Å². The van der Waals surface area contributed by atoms with Crippen LogP contribution in [0.25, 0.3) is 0 Å². The molecule has 3 aliphatic heterocycles. The summed E-state index contributed by atoms with van der Waals surface area (Å²) >= 11 is 0. The van der Waals surface area contributed by atoms with Gasteiger partial charge in [-0.05, 0) is 0 Å². The highest BCUT2D eigenvalue weighted by molar-refractivity contribution is 7.82. The van der Waals surface area contributed by atoms with Crippen molar-refractivity contribution in [2.45, 2.75) is 0 Å². The van der Waals surface area contributed by atoms with Crippen LogP contribution in [0, 0.1) is 17.8 Å². The molecule has 3 fully saturated rings. The molecule has 0 atom stereocenters. The summed E-state index contributed by atoms with van der Waals surface area (Å²) < 4.78 is 111. The Morgan fingerprint density at radius 3 is 0.968 bits per heavy atom. The van der Waals surface area contributed by atoms with Gasteiger partial charge in [0.05, 0.1) is 39.6 Å². The monoisotopic (exact) mass is 512 g/mol. The van der Waals surface area contributed by atoms with E-state index in [1.165, 1.54) is 0 Å². The molecule has 0 radical (unpaired) electrons. The van der Waals surface area contributed by atoms with Crippen LogP contribution in [0.15, 0.2) is 0 Å². The fourth-order valence-electron chi connectivity index (χ4n) is 2.40. The van der Waals surface area contributed by atoms with Crippen molar-refractivity contribution in [2.24, 2.45) is 17.8 Å². The van der Waals surface area contributed by atoms with Gasteiger partial charge in [-0.2, -0.15) is 25.3 Å². The van der Waals surface area contributed by atoms with Gasteiger partial charge < -0.3 is 14.0 Å². The van der Waals surface area contributed by atoms with E-state index >= 15 is 0 Å². The minimum atomic E-state index is -3.99. The van der Waals surface area contributed by atoms with Crippen LogP contribution in [0.5, 0.6) is 0 Å². The average molecular weight is 512 g/mol. The molecule has 0 bridgehead atoms. The topological polar surface area (TPSA) is 185 Å². The van der Waals surface area contributed by atoms with Crippen molar-refractivity contribution in [3.63, 3.8) is 0 Å². The van der Waals surface area contributed by atoms with Gasteiger partial charge >= 0.3 is 38.5 Å². The van der Waals surface area contributed by atoms with E-state index in [4.69, 9.17) is 14.0 Å². The molecule has 180 valence electrons.